The molecule has 0 aliphatic rings. The lowest BCUT2D eigenvalue weighted by molar-refractivity contribution is -0.400. The van der Waals surface area contributed by atoms with E-state index in [1.165, 1.54) is 39.5 Å². The monoisotopic (exact) mass is 463 g/mol. The summed E-state index contributed by atoms with van der Waals surface area (Å²) >= 11 is 3.29. The second kappa shape index (κ2) is 10.3. The van der Waals surface area contributed by atoms with E-state index in [4.69, 9.17) is 18.9 Å². The highest BCUT2D eigenvalue weighted by atomic mass is 79.9. The molecular weight excluding hydrogens is 446 g/mol. The Bertz CT molecular complexity index is 970. The van der Waals surface area contributed by atoms with Crippen molar-refractivity contribution in [3.63, 3.8) is 0 Å². The van der Waals surface area contributed by atoms with Crippen molar-refractivity contribution < 1.29 is 28.7 Å². The minimum absolute atomic E-state index is 0.160. The first-order valence-corrected chi connectivity index (χ1v) is 8.98. The number of carbonyl (C=O) groups excluding carboxylic acids is 1. The minimum Gasteiger partial charge on any atom is -0.493 e. The van der Waals surface area contributed by atoms with Crippen LogP contribution >= 0.6 is 15.9 Å². The van der Waals surface area contributed by atoms with Gasteiger partial charge in [0.05, 0.1) is 30.7 Å². The second-order valence-corrected chi connectivity index (χ2v) is 6.36. The van der Waals surface area contributed by atoms with Crippen LogP contribution in [0.25, 0.3) is 12.2 Å². The SMILES string of the molecule is COc1ccc(/C=C/C(=O)Oc2c(Br)cc(/C=C/[N+](=O)[O-])cc2OC)cc1OC. The predicted molar refractivity (Wildman–Crippen MR) is 111 cm³/mol. The molecule has 0 heterocycles. The van der Waals surface area contributed by atoms with Crippen molar-refractivity contribution in [1.29, 1.82) is 0 Å². The quantitative estimate of drug-likeness (QED) is 0.189. The number of hydrogen-bond acceptors (Lipinski definition) is 7. The third-order valence-electron chi connectivity index (χ3n) is 3.66. The molecule has 0 radical (unpaired) electrons. The molecule has 2 aromatic carbocycles. The van der Waals surface area contributed by atoms with Gasteiger partial charge in [-0.1, -0.05) is 6.07 Å². The average Bonchev–Trinajstić information content (AvgIpc) is 2.71. The van der Waals surface area contributed by atoms with E-state index >= 15 is 0 Å². The van der Waals surface area contributed by atoms with Crippen LogP contribution in [0.1, 0.15) is 11.1 Å². The molecule has 0 spiro atoms. The Morgan fingerprint density at radius 1 is 0.966 bits per heavy atom. The topological polar surface area (TPSA) is 97.1 Å². The molecule has 0 aliphatic heterocycles. The van der Waals surface area contributed by atoms with Crippen LogP contribution in [-0.4, -0.2) is 32.2 Å². The lowest BCUT2D eigenvalue weighted by atomic mass is 10.2. The van der Waals surface area contributed by atoms with E-state index in [0.717, 1.165) is 6.20 Å². The number of rotatable bonds is 8. The van der Waals surface area contributed by atoms with Gasteiger partial charge in [0, 0.05) is 12.2 Å². The van der Waals surface area contributed by atoms with E-state index in [-0.39, 0.29) is 11.5 Å². The van der Waals surface area contributed by atoms with Crippen LogP contribution in [-0.2, 0) is 4.79 Å². The lowest BCUT2D eigenvalue weighted by Gasteiger charge is -2.11. The number of hydrogen-bond donors (Lipinski definition) is 0. The Morgan fingerprint density at radius 3 is 2.24 bits per heavy atom. The van der Waals surface area contributed by atoms with Crippen LogP contribution in [0.5, 0.6) is 23.0 Å². The van der Waals surface area contributed by atoms with Gasteiger partial charge in [0.2, 0.25) is 6.20 Å². The number of halogens is 1. The van der Waals surface area contributed by atoms with Gasteiger partial charge < -0.3 is 18.9 Å². The van der Waals surface area contributed by atoms with E-state index in [2.05, 4.69) is 15.9 Å². The van der Waals surface area contributed by atoms with Crippen LogP contribution in [0.3, 0.4) is 0 Å². The van der Waals surface area contributed by atoms with E-state index < -0.39 is 10.9 Å². The van der Waals surface area contributed by atoms with Gasteiger partial charge in [-0.25, -0.2) is 4.79 Å². The van der Waals surface area contributed by atoms with E-state index in [1.54, 1.807) is 30.3 Å². The van der Waals surface area contributed by atoms with Gasteiger partial charge in [0.25, 0.3) is 0 Å². The number of esters is 1. The first-order chi connectivity index (χ1) is 13.9. The predicted octanol–water partition coefficient (Wildman–Crippen LogP) is 4.34. The van der Waals surface area contributed by atoms with Crippen molar-refractivity contribution in [3.05, 3.63) is 68.3 Å². The first-order valence-electron chi connectivity index (χ1n) is 8.19. The zero-order chi connectivity index (χ0) is 21.4. The molecule has 0 amide bonds. The van der Waals surface area contributed by atoms with Gasteiger partial charge in [-0.05, 0) is 57.4 Å². The highest BCUT2D eigenvalue weighted by Crippen LogP contribution is 2.37. The summed E-state index contributed by atoms with van der Waals surface area (Å²) in [6.07, 6.45) is 4.93. The molecule has 0 N–H and O–H groups in total. The third kappa shape index (κ3) is 6.08. The van der Waals surface area contributed by atoms with Crippen molar-refractivity contribution in [1.82, 2.24) is 0 Å². The molecule has 0 unspecified atom stereocenters. The normalized spacial score (nSPS) is 10.9. The number of nitro groups is 1. The zero-order valence-electron chi connectivity index (χ0n) is 15.9. The summed E-state index contributed by atoms with van der Waals surface area (Å²) in [6, 6.07) is 8.29. The first kappa shape index (κ1) is 22.0. The summed E-state index contributed by atoms with van der Waals surface area (Å²) in [5, 5.41) is 10.5. The van der Waals surface area contributed by atoms with Gasteiger partial charge in [-0.15, -0.1) is 0 Å². The molecule has 29 heavy (non-hydrogen) atoms. The van der Waals surface area contributed by atoms with Crippen LogP contribution in [0, 0.1) is 10.1 Å². The fourth-order valence-electron chi connectivity index (χ4n) is 2.34. The molecule has 2 aromatic rings. The number of methoxy groups -OCH3 is 3. The van der Waals surface area contributed by atoms with Crippen molar-refractivity contribution in [2.24, 2.45) is 0 Å². The standard InChI is InChI=1S/C20H18BrNO7/c1-26-16-6-4-13(11-17(16)27-2)5-7-19(23)29-20-15(21)10-14(8-9-22(24)25)12-18(20)28-3/h4-12H,1-3H3/b7-5+,9-8+. The zero-order valence-corrected chi connectivity index (χ0v) is 17.5. The van der Waals surface area contributed by atoms with Crippen LogP contribution in [0.4, 0.5) is 0 Å². The van der Waals surface area contributed by atoms with Crippen molar-refractivity contribution in [2.75, 3.05) is 21.3 Å². The summed E-state index contributed by atoms with van der Waals surface area (Å²) in [4.78, 5) is 22.1. The molecule has 0 saturated carbocycles. The molecule has 0 aromatic heterocycles. The number of benzene rings is 2. The van der Waals surface area contributed by atoms with Crippen LogP contribution < -0.4 is 18.9 Å². The van der Waals surface area contributed by atoms with E-state index in [9.17, 15) is 14.9 Å². The minimum atomic E-state index is -0.632. The van der Waals surface area contributed by atoms with Gasteiger partial charge in [0.15, 0.2) is 23.0 Å². The summed E-state index contributed by atoms with van der Waals surface area (Å²) in [5.41, 5.74) is 1.22. The Labute approximate surface area is 175 Å². The summed E-state index contributed by atoms with van der Waals surface area (Å²) < 4.78 is 21.4. The van der Waals surface area contributed by atoms with Gasteiger partial charge in [-0.3, -0.25) is 10.1 Å². The fourth-order valence-corrected chi connectivity index (χ4v) is 2.88. The average molecular weight is 464 g/mol. The maximum atomic E-state index is 12.2. The molecular formula is C20H18BrNO7. The van der Waals surface area contributed by atoms with E-state index in [0.29, 0.717) is 27.1 Å². The highest BCUT2D eigenvalue weighted by Gasteiger charge is 2.14. The van der Waals surface area contributed by atoms with Crippen LogP contribution in [0.15, 0.2) is 47.1 Å². The largest absolute Gasteiger partial charge is 0.493 e. The Kier molecular flexibility index (Phi) is 7.79. The maximum absolute atomic E-state index is 12.2. The van der Waals surface area contributed by atoms with Crippen molar-refractivity contribution in [2.45, 2.75) is 0 Å². The number of carbonyl (C=O) groups is 1. The molecule has 0 atom stereocenters. The smallest absolute Gasteiger partial charge is 0.336 e. The second-order valence-electron chi connectivity index (χ2n) is 5.50. The van der Waals surface area contributed by atoms with Crippen molar-refractivity contribution >= 4 is 34.1 Å². The molecule has 0 aliphatic carbocycles. The third-order valence-corrected chi connectivity index (χ3v) is 4.25. The number of nitrogens with zero attached hydrogens (tertiary/aromatic N) is 1. The van der Waals surface area contributed by atoms with Crippen molar-refractivity contribution in [3.8, 4) is 23.0 Å². The maximum Gasteiger partial charge on any atom is 0.336 e. The molecule has 8 nitrogen and oxygen atoms in total. The molecule has 0 bridgehead atoms. The molecule has 0 fully saturated rings. The summed E-state index contributed by atoms with van der Waals surface area (Å²) in [7, 11) is 4.46. The Morgan fingerprint density at radius 2 is 1.62 bits per heavy atom. The molecule has 0 saturated heterocycles. The van der Waals surface area contributed by atoms with Gasteiger partial charge >= 0.3 is 5.97 Å². The molecule has 9 heteroatoms. The Balaban J connectivity index is 2.20. The lowest BCUT2D eigenvalue weighted by Crippen LogP contribution is -2.06. The van der Waals surface area contributed by atoms with Crippen LogP contribution in [0.2, 0.25) is 0 Å². The highest BCUT2D eigenvalue weighted by molar-refractivity contribution is 9.10. The molecule has 2 rings (SSSR count). The van der Waals surface area contributed by atoms with E-state index in [1.807, 2.05) is 0 Å². The number of ether oxygens (including phenoxy) is 4. The summed E-state index contributed by atoms with van der Waals surface area (Å²) in [6.45, 7) is 0. The molecule has 152 valence electrons. The van der Waals surface area contributed by atoms with Gasteiger partial charge in [-0.2, -0.15) is 0 Å². The Hall–Kier alpha value is -3.33. The van der Waals surface area contributed by atoms with Gasteiger partial charge in [0.1, 0.15) is 0 Å². The summed E-state index contributed by atoms with van der Waals surface area (Å²) in [5.74, 6) is 0.883. The fraction of sp³-hybridized carbons (Fsp3) is 0.150.